The van der Waals surface area contributed by atoms with Crippen LogP contribution in [0.3, 0.4) is 0 Å². The first-order valence-corrected chi connectivity index (χ1v) is 5.70. The summed E-state index contributed by atoms with van der Waals surface area (Å²) in [5.74, 6) is 0.0537. The van der Waals surface area contributed by atoms with Crippen LogP contribution in [0.15, 0.2) is 0 Å². The molecule has 1 aliphatic carbocycles. The molecule has 0 spiro atoms. The number of amides is 2. The van der Waals surface area contributed by atoms with E-state index < -0.39 is 0 Å². The Morgan fingerprint density at radius 1 is 1.47 bits per heavy atom. The van der Waals surface area contributed by atoms with Crippen molar-refractivity contribution in [3.63, 3.8) is 0 Å². The van der Waals surface area contributed by atoms with Crippen LogP contribution in [-0.2, 0) is 9.59 Å². The Hall–Kier alpha value is -1.06. The van der Waals surface area contributed by atoms with Crippen LogP contribution >= 0.6 is 0 Å². The molecule has 0 aromatic heterocycles. The van der Waals surface area contributed by atoms with Crippen molar-refractivity contribution >= 4 is 11.8 Å². The number of nitrogens with zero attached hydrogens (tertiary/aromatic N) is 1. The van der Waals surface area contributed by atoms with Crippen LogP contribution in [0.5, 0.6) is 0 Å². The molecule has 1 unspecified atom stereocenters. The van der Waals surface area contributed by atoms with E-state index in [1.165, 1.54) is 6.42 Å². The minimum Gasteiger partial charge on any atom is -0.345 e. The lowest BCUT2D eigenvalue weighted by Gasteiger charge is -2.53. The molecular formula is C11H18N2O2. The predicted octanol–water partition coefficient (Wildman–Crippen LogP) is 0.666. The average Bonchev–Trinajstić information content (AvgIpc) is 2.16. The molecule has 1 saturated carbocycles. The van der Waals surface area contributed by atoms with Crippen LogP contribution in [0.2, 0.25) is 0 Å². The van der Waals surface area contributed by atoms with Gasteiger partial charge in [0.25, 0.3) is 0 Å². The van der Waals surface area contributed by atoms with Crippen molar-refractivity contribution < 1.29 is 9.59 Å². The molecule has 2 rings (SSSR count). The maximum absolute atomic E-state index is 11.9. The van der Waals surface area contributed by atoms with Gasteiger partial charge in [0.1, 0.15) is 6.04 Å². The van der Waals surface area contributed by atoms with Crippen molar-refractivity contribution in [1.29, 1.82) is 0 Å². The SMILES string of the molecule is CCC1(N2C(=O)CNC(=O)C2C)CCC1. The van der Waals surface area contributed by atoms with E-state index in [1.54, 1.807) is 0 Å². The smallest absolute Gasteiger partial charge is 0.243 e. The Labute approximate surface area is 90.0 Å². The topological polar surface area (TPSA) is 49.4 Å². The molecule has 0 aromatic carbocycles. The summed E-state index contributed by atoms with van der Waals surface area (Å²) in [7, 11) is 0. The quantitative estimate of drug-likeness (QED) is 0.728. The number of carbonyl (C=O) groups is 2. The zero-order valence-electron chi connectivity index (χ0n) is 9.38. The molecule has 84 valence electrons. The fraction of sp³-hybridized carbons (Fsp3) is 0.818. The largest absolute Gasteiger partial charge is 0.345 e. The second-order valence-corrected chi connectivity index (χ2v) is 4.59. The van der Waals surface area contributed by atoms with Gasteiger partial charge in [-0.25, -0.2) is 0 Å². The summed E-state index contributed by atoms with van der Waals surface area (Å²) in [4.78, 5) is 25.2. The third-order valence-corrected chi connectivity index (χ3v) is 3.90. The fourth-order valence-corrected chi connectivity index (χ4v) is 2.75. The highest BCUT2D eigenvalue weighted by molar-refractivity contribution is 5.95. The molecule has 2 aliphatic rings. The maximum Gasteiger partial charge on any atom is 0.243 e. The second-order valence-electron chi connectivity index (χ2n) is 4.59. The highest BCUT2D eigenvalue weighted by atomic mass is 16.2. The van der Waals surface area contributed by atoms with Gasteiger partial charge in [0.15, 0.2) is 0 Å². The van der Waals surface area contributed by atoms with Gasteiger partial charge in [-0.3, -0.25) is 9.59 Å². The van der Waals surface area contributed by atoms with Crippen LogP contribution in [-0.4, -0.2) is 34.8 Å². The first-order chi connectivity index (χ1) is 7.10. The first-order valence-electron chi connectivity index (χ1n) is 5.70. The van der Waals surface area contributed by atoms with Gasteiger partial charge in [-0.05, 0) is 32.6 Å². The number of carbonyl (C=O) groups excluding carboxylic acids is 2. The molecular weight excluding hydrogens is 192 g/mol. The van der Waals surface area contributed by atoms with Gasteiger partial charge in [0.05, 0.1) is 6.54 Å². The Balaban J connectivity index is 2.24. The lowest BCUT2D eigenvalue weighted by Crippen LogP contribution is -2.67. The standard InChI is InChI=1S/C11H18N2O2/c1-3-11(5-4-6-11)13-8(2)10(15)12-7-9(13)14/h8H,3-7H2,1-2H3,(H,12,15). The molecule has 2 fully saturated rings. The number of hydrogen-bond donors (Lipinski definition) is 1. The molecule has 1 aliphatic heterocycles. The summed E-state index contributed by atoms with van der Waals surface area (Å²) in [6.07, 6.45) is 4.22. The maximum atomic E-state index is 11.9. The zero-order chi connectivity index (χ0) is 11.1. The Morgan fingerprint density at radius 3 is 2.60 bits per heavy atom. The summed E-state index contributed by atoms with van der Waals surface area (Å²) in [5, 5.41) is 2.63. The van der Waals surface area contributed by atoms with E-state index in [-0.39, 0.29) is 29.9 Å². The van der Waals surface area contributed by atoms with Crippen molar-refractivity contribution in [3.8, 4) is 0 Å². The van der Waals surface area contributed by atoms with E-state index in [2.05, 4.69) is 12.2 Å². The highest BCUT2D eigenvalue weighted by Crippen LogP contribution is 2.42. The molecule has 0 bridgehead atoms. The Bertz CT molecular complexity index is 291. The molecule has 4 nitrogen and oxygen atoms in total. The number of hydrogen-bond acceptors (Lipinski definition) is 2. The number of piperazine rings is 1. The van der Waals surface area contributed by atoms with Crippen LogP contribution < -0.4 is 5.32 Å². The third kappa shape index (κ3) is 1.43. The molecule has 1 atom stereocenters. The van der Waals surface area contributed by atoms with E-state index in [0.717, 1.165) is 19.3 Å². The monoisotopic (exact) mass is 210 g/mol. The van der Waals surface area contributed by atoms with Crippen LogP contribution in [0.25, 0.3) is 0 Å². The van der Waals surface area contributed by atoms with Crippen molar-refractivity contribution in [2.24, 2.45) is 0 Å². The molecule has 4 heteroatoms. The minimum atomic E-state index is -0.300. The zero-order valence-corrected chi connectivity index (χ0v) is 9.38. The molecule has 1 N–H and O–H groups in total. The molecule has 0 radical (unpaired) electrons. The van der Waals surface area contributed by atoms with E-state index in [4.69, 9.17) is 0 Å². The lowest BCUT2D eigenvalue weighted by molar-refractivity contribution is -0.157. The van der Waals surface area contributed by atoms with E-state index >= 15 is 0 Å². The number of nitrogens with one attached hydrogen (secondary N) is 1. The minimum absolute atomic E-state index is 0.0191. The van der Waals surface area contributed by atoms with Crippen molar-refractivity contribution in [3.05, 3.63) is 0 Å². The molecule has 0 aromatic rings. The van der Waals surface area contributed by atoms with Crippen LogP contribution in [0, 0.1) is 0 Å². The van der Waals surface area contributed by atoms with Gasteiger partial charge in [-0.1, -0.05) is 6.92 Å². The third-order valence-electron chi connectivity index (χ3n) is 3.90. The van der Waals surface area contributed by atoms with E-state index in [9.17, 15) is 9.59 Å². The van der Waals surface area contributed by atoms with Gasteiger partial charge in [0, 0.05) is 5.54 Å². The van der Waals surface area contributed by atoms with Gasteiger partial charge < -0.3 is 10.2 Å². The normalized spacial score (nSPS) is 29.7. The summed E-state index contributed by atoms with van der Waals surface area (Å²) in [6, 6.07) is -0.300. The lowest BCUT2D eigenvalue weighted by atomic mass is 9.72. The summed E-state index contributed by atoms with van der Waals surface area (Å²) < 4.78 is 0. The molecule has 2 amide bonds. The van der Waals surface area contributed by atoms with E-state index in [1.807, 2.05) is 11.8 Å². The summed E-state index contributed by atoms with van der Waals surface area (Å²) in [6.45, 7) is 4.10. The number of rotatable bonds is 2. The van der Waals surface area contributed by atoms with E-state index in [0.29, 0.717) is 0 Å². The molecule has 1 heterocycles. The highest BCUT2D eigenvalue weighted by Gasteiger charge is 2.48. The van der Waals surface area contributed by atoms with Crippen LogP contribution in [0.4, 0.5) is 0 Å². The Morgan fingerprint density at radius 2 is 2.13 bits per heavy atom. The van der Waals surface area contributed by atoms with Gasteiger partial charge in [0.2, 0.25) is 11.8 Å². The average molecular weight is 210 g/mol. The van der Waals surface area contributed by atoms with Crippen molar-refractivity contribution in [2.75, 3.05) is 6.54 Å². The van der Waals surface area contributed by atoms with Crippen LogP contribution in [0.1, 0.15) is 39.5 Å². The van der Waals surface area contributed by atoms with Crippen molar-refractivity contribution in [2.45, 2.75) is 51.1 Å². The molecule has 1 saturated heterocycles. The first kappa shape index (κ1) is 10.5. The Kier molecular flexibility index (Phi) is 2.44. The van der Waals surface area contributed by atoms with Gasteiger partial charge >= 0.3 is 0 Å². The summed E-state index contributed by atoms with van der Waals surface area (Å²) >= 11 is 0. The van der Waals surface area contributed by atoms with Gasteiger partial charge in [-0.15, -0.1) is 0 Å². The molecule has 15 heavy (non-hydrogen) atoms. The second kappa shape index (κ2) is 3.51. The van der Waals surface area contributed by atoms with Crippen molar-refractivity contribution in [1.82, 2.24) is 10.2 Å². The fourth-order valence-electron chi connectivity index (χ4n) is 2.75. The summed E-state index contributed by atoms with van der Waals surface area (Å²) in [5.41, 5.74) is -0.0196. The van der Waals surface area contributed by atoms with Gasteiger partial charge in [-0.2, -0.15) is 0 Å². The predicted molar refractivity (Wildman–Crippen MR) is 56.2 cm³/mol.